The molecular weight excluding hydrogens is 138 g/mol. The Morgan fingerprint density at radius 3 is 2.91 bits per heavy atom. The second-order valence-electron chi connectivity index (χ2n) is 2.24. The van der Waals surface area contributed by atoms with Gasteiger partial charge in [-0.3, -0.25) is 9.78 Å². The zero-order valence-electron chi connectivity index (χ0n) is 6.29. The first-order valence-corrected chi connectivity index (χ1v) is 3.58. The Labute approximate surface area is 66.3 Å². The number of hydrogen-bond acceptors (Lipinski definition) is 2. The average molecular weight is 148 g/mol. The maximum atomic E-state index is 11.1. The van der Waals surface area contributed by atoms with E-state index in [0.717, 1.165) is 0 Å². The molecule has 0 aliphatic carbocycles. The number of carbonyl (C=O) groups excluding carboxylic acids is 1. The van der Waals surface area contributed by atoms with Gasteiger partial charge in [0.15, 0.2) is 5.78 Å². The van der Waals surface area contributed by atoms with Gasteiger partial charge in [0.2, 0.25) is 0 Å². The number of aromatic nitrogens is 1. The molecule has 1 heterocycles. The van der Waals surface area contributed by atoms with E-state index < -0.39 is 0 Å². The summed E-state index contributed by atoms with van der Waals surface area (Å²) in [4.78, 5) is 15.1. The van der Waals surface area contributed by atoms with Gasteiger partial charge in [-0.25, -0.2) is 0 Å². The fourth-order valence-corrected chi connectivity index (χ4v) is 0.816. The van der Waals surface area contributed by atoms with Gasteiger partial charge in [0, 0.05) is 12.6 Å². The fourth-order valence-electron chi connectivity index (χ4n) is 0.816. The molecule has 0 aromatic carbocycles. The van der Waals surface area contributed by atoms with Crippen LogP contribution in [0, 0.1) is 6.92 Å². The normalized spacial score (nSPS) is 9.55. The number of nitrogens with zero attached hydrogens (tertiary/aromatic N) is 1. The van der Waals surface area contributed by atoms with Gasteiger partial charge in [-0.2, -0.15) is 0 Å². The molecule has 2 nitrogen and oxygen atoms in total. The van der Waals surface area contributed by atoms with Crippen LogP contribution < -0.4 is 0 Å². The lowest BCUT2D eigenvalue weighted by Crippen LogP contribution is -1.99. The van der Waals surface area contributed by atoms with Crippen molar-refractivity contribution in [1.82, 2.24) is 4.98 Å². The van der Waals surface area contributed by atoms with Crippen LogP contribution in [-0.4, -0.2) is 10.8 Å². The molecule has 0 saturated heterocycles. The third kappa shape index (κ3) is 2.15. The molecule has 0 unspecified atom stereocenters. The van der Waals surface area contributed by atoms with Gasteiger partial charge in [-0.1, -0.05) is 13.0 Å². The van der Waals surface area contributed by atoms with Crippen LogP contribution in [0.4, 0.5) is 0 Å². The lowest BCUT2D eigenvalue weighted by molar-refractivity contribution is 0.0979. The third-order valence-electron chi connectivity index (χ3n) is 1.35. The Balaban J connectivity index is 2.69. The van der Waals surface area contributed by atoms with E-state index in [2.05, 4.69) is 11.9 Å². The summed E-state index contributed by atoms with van der Waals surface area (Å²) in [5.74, 6) is 0.0700. The highest BCUT2D eigenvalue weighted by Crippen LogP contribution is 2.00. The monoisotopic (exact) mass is 148 g/mol. The van der Waals surface area contributed by atoms with Gasteiger partial charge in [-0.05, 0) is 18.6 Å². The number of rotatable bonds is 3. The molecule has 1 aromatic heterocycles. The van der Waals surface area contributed by atoms with Crippen LogP contribution in [-0.2, 0) is 0 Å². The van der Waals surface area contributed by atoms with E-state index in [1.807, 2.05) is 6.07 Å². The maximum Gasteiger partial charge on any atom is 0.181 e. The van der Waals surface area contributed by atoms with Gasteiger partial charge in [0.05, 0.1) is 0 Å². The molecule has 2 heteroatoms. The number of hydrogen-bond donors (Lipinski definition) is 0. The smallest absolute Gasteiger partial charge is 0.181 e. The molecule has 0 atom stereocenters. The zero-order valence-corrected chi connectivity index (χ0v) is 6.29. The molecule has 1 aromatic rings. The van der Waals surface area contributed by atoms with Crippen molar-refractivity contribution in [1.29, 1.82) is 0 Å². The summed E-state index contributed by atoms with van der Waals surface area (Å²) in [6.07, 6.45) is 2.74. The van der Waals surface area contributed by atoms with Crippen LogP contribution in [0.25, 0.3) is 0 Å². The summed E-state index contributed by atoms with van der Waals surface area (Å²) >= 11 is 0. The fraction of sp³-hybridized carbons (Fsp3) is 0.222. The molecular formula is C9H10NO. The van der Waals surface area contributed by atoms with E-state index in [4.69, 9.17) is 0 Å². The molecule has 0 amide bonds. The highest BCUT2D eigenvalue weighted by molar-refractivity contribution is 5.94. The first-order chi connectivity index (χ1) is 5.34. The Hall–Kier alpha value is -1.18. The van der Waals surface area contributed by atoms with Gasteiger partial charge >= 0.3 is 0 Å². The van der Waals surface area contributed by atoms with Gasteiger partial charge in [0.1, 0.15) is 5.69 Å². The second-order valence-corrected chi connectivity index (χ2v) is 2.24. The highest BCUT2D eigenvalue weighted by Gasteiger charge is 2.02. The van der Waals surface area contributed by atoms with Crippen molar-refractivity contribution in [2.75, 3.05) is 0 Å². The van der Waals surface area contributed by atoms with Gasteiger partial charge in [-0.15, -0.1) is 0 Å². The van der Waals surface area contributed by atoms with E-state index in [9.17, 15) is 4.79 Å². The van der Waals surface area contributed by atoms with Crippen molar-refractivity contribution in [3.8, 4) is 0 Å². The Bertz CT molecular complexity index is 231. The van der Waals surface area contributed by atoms with Crippen molar-refractivity contribution < 1.29 is 4.79 Å². The number of pyridine rings is 1. The minimum atomic E-state index is 0.0700. The number of carbonyl (C=O) groups is 1. The molecule has 0 N–H and O–H groups in total. The topological polar surface area (TPSA) is 30.0 Å². The summed E-state index contributed by atoms with van der Waals surface area (Å²) in [5.41, 5.74) is 0.538. The molecule has 0 aliphatic rings. The first-order valence-electron chi connectivity index (χ1n) is 3.58. The summed E-state index contributed by atoms with van der Waals surface area (Å²) < 4.78 is 0. The Morgan fingerprint density at radius 2 is 2.36 bits per heavy atom. The van der Waals surface area contributed by atoms with Gasteiger partial charge in [0.25, 0.3) is 0 Å². The van der Waals surface area contributed by atoms with E-state index >= 15 is 0 Å². The van der Waals surface area contributed by atoms with E-state index in [-0.39, 0.29) is 5.78 Å². The predicted molar refractivity (Wildman–Crippen MR) is 43.2 cm³/mol. The Kier molecular flexibility index (Phi) is 2.78. The third-order valence-corrected chi connectivity index (χ3v) is 1.35. The van der Waals surface area contributed by atoms with E-state index in [1.165, 1.54) is 0 Å². The number of Topliss-reactive ketones (excluding diaryl/α,β-unsaturated/α-hetero) is 1. The lowest BCUT2D eigenvalue weighted by atomic mass is 10.2. The molecule has 0 fully saturated rings. The quantitative estimate of drug-likeness (QED) is 0.612. The summed E-state index contributed by atoms with van der Waals surface area (Å²) in [6.45, 7) is 3.60. The van der Waals surface area contributed by atoms with Crippen LogP contribution in [0.3, 0.4) is 0 Å². The SMILES string of the molecule is [CH2]CCC(=O)c1ccccn1. The average Bonchev–Trinajstić information content (AvgIpc) is 2.07. The van der Waals surface area contributed by atoms with Crippen LogP contribution in [0.5, 0.6) is 0 Å². The van der Waals surface area contributed by atoms with Crippen molar-refractivity contribution in [3.05, 3.63) is 37.0 Å². The van der Waals surface area contributed by atoms with Crippen molar-refractivity contribution in [2.45, 2.75) is 12.8 Å². The van der Waals surface area contributed by atoms with Crippen molar-refractivity contribution in [3.63, 3.8) is 0 Å². The minimum absolute atomic E-state index is 0.0700. The summed E-state index contributed by atoms with van der Waals surface area (Å²) in [6, 6.07) is 5.32. The highest BCUT2D eigenvalue weighted by atomic mass is 16.1. The van der Waals surface area contributed by atoms with Crippen LogP contribution in [0.1, 0.15) is 23.3 Å². The molecule has 0 aliphatic heterocycles. The lowest BCUT2D eigenvalue weighted by Gasteiger charge is -1.94. The van der Waals surface area contributed by atoms with Crippen LogP contribution in [0.2, 0.25) is 0 Å². The molecule has 1 rings (SSSR count). The zero-order chi connectivity index (χ0) is 8.10. The van der Waals surface area contributed by atoms with E-state index in [0.29, 0.717) is 18.5 Å². The molecule has 0 saturated carbocycles. The summed E-state index contributed by atoms with van der Waals surface area (Å²) in [7, 11) is 0. The van der Waals surface area contributed by atoms with E-state index in [1.54, 1.807) is 18.3 Å². The summed E-state index contributed by atoms with van der Waals surface area (Å²) in [5, 5.41) is 0. The number of ketones is 1. The second kappa shape index (κ2) is 3.86. The van der Waals surface area contributed by atoms with Crippen molar-refractivity contribution >= 4 is 5.78 Å². The largest absolute Gasteiger partial charge is 0.292 e. The Morgan fingerprint density at radius 1 is 1.55 bits per heavy atom. The molecule has 0 bridgehead atoms. The van der Waals surface area contributed by atoms with Crippen LogP contribution >= 0.6 is 0 Å². The molecule has 57 valence electrons. The van der Waals surface area contributed by atoms with Gasteiger partial charge < -0.3 is 0 Å². The first kappa shape index (κ1) is 7.92. The molecule has 0 spiro atoms. The minimum Gasteiger partial charge on any atom is -0.292 e. The standard InChI is InChI=1S/C9H10NO/c1-2-5-9(11)8-6-3-4-7-10-8/h3-4,6-7H,1-2,5H2. The maximum absolute atomic E-state index is 11.1. The molecule has 11 heavy (non-hydrogen) atoms. The predicted octanol–water partition coefficient (Wildman–Crippen LogP) is 1.88. The van der Waals surface area contributed by atoms with Crippen LogP contribution in [0.15, 0.2) is 24.4 Å². The molecule has 1 radical (unpaired) electrons. The van der Waals surface area contributed by atoms with Crippen molar-refractivity contribution in [2.24, 2.45) is 0 Å².